The predicted octanol–water partition coefficient (Wildman–Crippen LogP) is 6.74. The fourth-order valence-corrected chi connectivity index (χ4v) is 5.96. The van der Waals surface area contributed by atoms with Crippen LogP contribution in [0.5, 0.6) is 0 Å². The van der Waals surface area contributed by atoms with Crippen molar-refractivity contribution < 1.29 is 22.8 Å². The monoisotopic (exact) mass is 649 g/mol. The van der Waals surface area contributed by atoms with E-state index in [1.54, 1.807) is 40.1 Å². The number of hydrogen-bond donors (Lipinski definition) is 0. The van der Waals surface area contributed by atoms with Crippen molar-refractivity contribution >= 4 is 17.9 Å². The van der Waals surface area contributed by atoms with Gasteiger partial charge in [-0.1, -0.05) is 60.7 Å². The molecule has 0 unspecified atom stereocenters. The van der Waals surface area contributed by atoms with Crippen LogP contribution in [0.15, 0.2) is 116 Å². The number of carbonyl (C=O) groups excluding carboxylic acids is 2. The van der Waals surface area contributed by atoms with Gasteiger partial charge in [-0.3, -0.25) is 19.3 Å². The zero-order valence-electron chi connectivity index (χ0n) is 26.3. The largest absolute Gasteiger partial charge is 0.416 e. The molecule has 3 heterocycles. The van der Waals surface area contributed by atoms with Gasteiger partial charge in [-0.15, -0.1) is 0 Å². The van der Waals surface area contributed by atoms with E-state index in [4.69, 9.17) is 0 Å². The lowest BCUT2D eigenvalue weighted by molar-refractivity contribution is -0.144. The first-order valence-electron chi connectivity index (χ1n) is 15.6. The molecule has 1 atom stereocenters. The molecule has 1 aliphatic heterocycles. The van der Waals surface area contributed by atoms with Crippen molar-refractivity contribution in [2.24, 2.45) is 7.05 Å². The zero-order chi connectivity index (χ0) is 33.7. The van der Waals surface area contributed by atoms with E-state index >= 15 is 0 Å². The lowest BCUT2D eigenvalue weighted by Crippen LogP contribution is -2.52. The fraction of sp³-hybridized carbons (Fsp3) is 0.211. The van der Waals surface area contributed by atoms with Crippen LogP contribution in [0.3, 0.4) is 0 Å². The molecule has 2 aromatic heterocycles. The first kappa shape index (κ1) is 32.4. The Balaban J connectivity index is 1.34. The molecule has 0 saturated carbocycles. The predicted molar refractivity (Wildman–Crippen MR) is 177 cm³/mol. The summed E-state index contributed by atoms with van der Waals surface area (Å²) in [7, 11) is 1.79. The lowest BCUT2D eigenvalue weighted by atomic mass is 9.98. The molecule has 5 aromatic rings. The average Bonchev–Trinajstić information content (AvgIpc) is 3.52. The van der Waals surface area contributed by atoms with E-state index in [9.17, 15) is 22.8 Å². The van der Waals surface area contributed by atoms with E-state index in [0.717, 1.165) is 40.1 Å². The maximum Gasteiger partial charge on any atom is 0.416 e. The summed E-state index contributed by atoms with van der Waals surface area (Å²) in [5, 5.41) is 4.29. The molecular formula is C38H34F3N5O2. The summed E-state index contributed by atoms with van der Waals surface area (Å²) in [5.41, 5.74) is 5.51. The normalized spacial score (nSPS) is 13.7. The van der Waals surface area contributed by atoms with Gasteiger partial charge in [-0.05, 0) is 76.2 Å². The highest BCUT2D eigenvalue weighted by Gasteiger charge is 2.35. The Morgan fingerprint density at radius 3 is 2.23 bits per heavy atom. The van der Waals surface area contributed by atoms with Crippen molar-refractivity contribution in [1.82, 2.24) is 24.6 Å². The highest BCUT2D eigenvalue weighted by molar-refractivity contribution is 5.96. The fourth-order valence-electron chi connectivity index (χ4n) is 5.96. The van der Waals surface area contributed by atoms with E-state index in [2.05, 4.69) is 16.1 Å². The van der Waals surface area contributed by atoms with Crippen LogP contribution in [0.25, 0.3) is 17.2 Å². The number of halogens is 3. The first-order chi connectivity index (χ1) is 23.2. The number of hydrogen-bond acceptors (Lipinski definition) is 4. The van der Waals surface area contributed by atoms with Crippen LogP contribution in [-0.2, 0) is 48.7 Å². The third-order valence-corrected chi connectivity index (χ3v) is 8.69. The van der Waals surface area contributed by atoms with Crippen molar-refractivity contribution in [3.05, 3.63) is 149 Å². The van der Waals surface area contributed by atoms with Crippen LogP contribution in [0.2, 0.25) is 0 Å². The Labute approximate surface area is 277 Å². The van der Waals surface area contributed by atoms with E-state index in [1.807, 2.05) is 60.7 Å². The summed E-state index contributed by atoms with van der Waals surface area (Å²) >= 11 is 0. The number of aryl methyl sites for hydroxylation is 1. The molecule has 0 aliphatic carbocycles. The van der Waals surface area contributed by atoms with Gasteiger partial charge in [0, 0.05) is 63.5 Å². The zero-order valence-corrected chi connectivity index (χ0v) is 26.3. The van der Waals surface area contributed by atoms with Crippen LogP contribution in [0.1, 0.15) is 33.5 Å². The molecule has 0 fully saturated rings. The molecule has 0 radical (unpaired) electrons. The molecule has 7 nitrogen and oxygen atoms in total. The molecule has 6 rings (SSSR count). The Kier molecular flexibility index (Phi) is 9.52. The minimum atomic E-state index is -4.46. The van der Waals surface area contributed by atoms with Crippen molar-refractivity contribution in [2.45, 2.75) is 38.1 Å². The summed E-state index contributed by atoms with van der Waals surface area (Å²) in [5.74, 6) is -0.624. The second kappa shape index (κ2) is 14.1. The molecular weight excluding hydrogens is 615 g/mol. The SMILES string of the molecule is Cn1nccc1C[C@@H](C(=O)N1CCc2ccccc2C1)N(Cc1ccc(-c2ccncc2)cc1)C(=O)/C=C/c1ccc(C(F)(F)F)cc1. The third-order valence-electron chi connectivity index (χ3n) is 8.69. The van der Waals surface area contributed by atoms with Gasteiger partial charge in [0.1, 0.15) is 6.04 Å². The van der Waals surface area contributed by atoms with Crippen molar-refractivity contribution in [2.75, 3.05) is 6.54 Å². The molecule has 244 valence electrons. The standard InChI is InChI=1S/C38H34F3N5O2/c1-44-34(18-22-43-44)24-35(37(48)45-23-19-29-4-2-3-5-32(29)26-45)46(25-28-6-11-30(12-7-28)31-16-20-42-21-17-31)36(47)15-10-27-8-13-33(14-9-27)38(39,40)41/h2-18,20-22,35H,19,23-26H2,1H3/b15-10+/t35-/m0/s1. The van der Waals surface area contributed by atoms with Gasteiger partial charge in [0.15, 0.2) is 0 Å². The van der Waals surface area contributed by atoms with Crippen LogP contribution in [0, 0.1) is 0 Å². The number of aromatic nitrogens is 3. The number of rotatable bonds is 9. The number of pyridine rings is 1. The molecule has 0 N–H and O–H groups in total. The van der Waals surface area contributed by atoms with Crippen molar-refractivity contribution in [3.8, 4) is 11.1 Å². The number of alkyl halides is 3. The Morgan fingerprint density at radius 1 is 0.875 bits per heavy atom. The van der Waals surface area contributed by atoms with Crippen molar-refractivity contribution in [1.29, 1.82) is 0 Å². The quantitative estimate of drug-likeness (QED) is 0.166. The van der Waals surface area contributed by atoms with Gasteiger partial charge in [-0.25, -0.2) is 0 Å². The molecule has 48 heavy (non-hydrogen) atoms. The second-order valence-electron chi connectivity index (χ2n) is 11.8. The van der Waals surface area contributed by atoms with Gasteiger partial charge >= 0.3 is 6.18 Å². The highest BCUT2D eigenvalue weighted by atomic mass is 19.4. The molecule has 2 amide bonds. The smallest absolute Gasteiger partial charge is 0.336 e. The number of nitrogens with zero attached hydrogens (tertiary/aromatic N) is 5. The number of benzene rings is 3. The summed E-state index contributed by atoms with van der Waals surface area (Å²) in [4.78, 5) is 36.1. The molecule has 3 aromatic carbocycles. The Bertz CT molecular complexity index is 1900. The van der Waals surface area contributed by atoms with Crippen LogP contribution >= 0.6 is 0 Å². The average molecular weight is 650 g/mol. The van der Waals surface area contributed by atoms with Crippen LogP contribution in [0.4, 0.5) is 13.2 Å². The number of fused-ring (bicyclic) bond motifs is 1. The summed E-state index contributed by atoms with van der Waals surface area (Å²) in [6.45, 7) is 1.08. The van der Waals surface area contributed by atoms with Gasteiger partial charge in [0.25, 0.3) is 0 Å². The maximum absolute atomic E-state index is 14.5. The van der Waals surface area contributed by atoms with E-state index in [0.29, 0.717) is 25.1 Å². The molecule has 1 aliphatic rings. The highest BCUT2D eigenvalue weighted by Crippen LogP contribution is 2.29. The lowest BCUT2D eigenvalue weighted by Gasteiger charge is -2.36. The first-order valence-corrected chi connectivity index (χ1v) is 15.6. The summed E-state index contributed by atoms with van der Waals surface area (Å²) < 4.78 is 41.1. The van der Waals surface area contributed by atoms with Gasteiger partial charge < -0.3 is 9.80 Å². The number of amides is 2. The molecule has 0 saturated heterocycles. The second-order valence-corrected chi connectivity index (χ2v) is 11.8. The van der Waals surface area contributed by atoms with E-state index in [1.165, 1.54) is 29.8 Å². The minimum absolute atomic E-state index is 0.130. The van der Waals surface area contributed by atoms with E-state index < -0.39 is 23.7 Å². The Morgan fingerprint density at radius 2 is 1.56 bits per heavy atom. The van der Waals surface area contributed by atoms with Gasteiger partial charge in [0.05, 0.1) is 5.56 Å². The van der Waals surface area contributed by atoms with Crippen molar-refractivity contribution in [3.63, 3.8) is 0 Å². The van der Waals surface area contributed by atoms with Gasteiger partial charge in [0.2, 0.25) is 11.8 Å². The molecule has 0 bridgehead atoms. The summed E-state index contributed by atoms with van der Waals surface area (Å²) in [6.07, 6.45) is 4.37. The van der Waals surface area contributed by atoms with Gasteiger partial charge in [-0.2, -0.15) is 18.3 Å². The molecule has 0 spiro atoms. The maximum atomic E-state index is 14.5. The van der Waals surface area contributed by atoms with E-state index in [-0.39, 0.29) is 18.9 Å². The minimum Gasteiger partial charge on any atom is -0.336 e. The topological polar surface area (TPSA) is 71.3 Å². The Hall–Kier alpha value is -5.51. The number of carbonyl (C=O) groups is 2. The van der Waals surface area contributed by atoms with Crippen LogP contribution < -0.4 is 0 Å². The summed E-state index contributed by atoms with van der Waals surface area (Å²) in [6, 6.07) is 25.2. The molecule has 10 heteroatoms. The third kappa shape index (κ3) is 7.54. The van der Waals surface area contributed by atoms with Crippen LogP contribution in [-0.4, -0.2) is 49.0 Å².